The van der Waals surface area contributed by atoms with Gasteiger partial charge in [0.15, 0.2) is 0 Å². The number of hydrogen-bond donors (Lipinski definition) is 3. The summed E-state index contributed by atoms with van der Waals surface area (Å²) in [5.74, 6) is 0.992. The van der Waals surface area contributed by atoms with Crippen LogP contribution in [0.3, 0.4) is 0 Å². The van der Waals surface area contributed by atoms with Crippen molar-refractivity contribution >= 4 is 0 Å². The highest BCUT2D eigenvalue weighted by Crippen LogP contribution is 2.28. The molecule has 1 atom stereocenters. The largest absolute Gasteiger partial charge is 0.329 e. The number of hydrogen-bond acceptors (Lipinski definition) is 3. The minimum Gasteiger partial charge on any atom is -0.329 e. The maximum absolute atomic E-state index is 5.65. The lowest BCUT2D eigenvalue weighted by atomic mass is 9.83. The normalized spacial score (nSPS) is 20.5. The highest BCUT2D eigenvalue weighted by atomic mass is 14.9. The molecule has 0 aromatic carbocycles. The molecule has 0 radical (unpaired) electrons. The van der Waals surface area contributed by atoms with Crippen molar-refractivity contribution in [1.29, 1.82) is 0 Å². The van der Waals surface area contributed by atoms with E-state index in [9.17, 15) is 0 Å². The topological polar surface area (TPSA) is 64.1 Å². The van der Waals surface area contributed by atoms with Crippen LogP contribution in [0, 0.1) is 5.92 Å². The summed E-state index contributed by atoms with van der Waals surface area (Å²) < 4.78 is 0. The summed E-state index contributed by atoms with van der Waals surface area (Å²) in [5.41, 5.74) is 11.0. The molecule has 0 aromatic rings. The van der Waals surface area contributed by atoms with Gasteiger partial charge in [-0.05, 0) is 18.9 Å². The third-order valence-corrected chi connectivity index (χ3v) is 2.66. The Bertz CT molecular complexity index is 106. The van der Waals surface area contributed by atoms with Crippen LogP contribution in [0.2, 0.25) is 0 Å². The van der Waals surface area contributed by atoms with Crippen LogP contribution in [0.4, 0.5) is 0 Å². The van der Waals surface area contributed by atoms with Crippen molar-refractivity contribution in [2.45, 2.75) is 31.7 Å². The molecule has 0 amide bonds. The van der Waals surface area contributed by atoms with Crippen LogP contribution in [0.5, 0.6) is 0 Å². The molecule has 1 aliphatic rings. The molecule has 0 bridgehead atoms. The van der Waals surface area contributed by atoms with Crippen molar-refractivity contribution in [2.75, 3.05) is 19.6 Å². The molecule has 72 valence electrons. The molecule has 1 unspecified atom stereocenters. The number of rotatable bonds is 6. The predicted molar refractivity (Wildman–Crippen MR) is 51.9 cm³/mol. The van der Waals surface area contributed by atoms with Crippen molar-refractivity contribution in [3.05, 3.63) is 0 Å². The zero-order valence-electron chi connectivity index (χ0n) is 7.76. The first-order valence-corrected chi connectivity index (χ1v) is 4.99. The van der Waals surface area contributed by atoms with Gasteiger partial charge in [0.2, 0.25) is 0 Å². The van der Waals surface area contributed by atoms with E-state index in [0.717, 1.165) is 19.0 Å². The van der Waals surface area contributed by atoms with E-state index in [1.54, 1.807) is 0 Å². The molecule has 3 heteroatoms. The van der Waals surface area contributed by atoms with Gasteiger partial charge in [0.25, 0.3) is 0 Å². The van der Waals surface area contributed by atoms with Crippen molar-refractivity contribution < 1.29 is 0 Å². The molecule has 5 N–H and O–H groups in total. The minimum atomic E-state index is 0.131. The molecule has 12 heavy (non-hydrogen) atoms. The van der Waals surface area contributed by atoms with E-state index >= 15 is 0 Å². The molecule has 0 saturated heterocycles. The third-order valence-electron chi connectivity index (χ3n) is 2.66. The Hall–Kier alpha value is -0.120. The fourth-order valence-corrected chi connectivity index (χ4v) is 1.46. The summed E-state index contributed by atoms with van der Waals surface area (Å²) in [6.07, 6.45) is 5.62. The fraction of sp³-hybridized carbons (Fsp3) is 1.00. The van der Waals surface area contributed by atoms with E-state index < -0.39 is 0 Å². The van der Waals surface area contributed by atoms with Gasteiger partial charge in [-0.3, -0.25) is 0 Å². The summed E-state index contributed by atoms with van der Waals surface area (Å²) in [7, 11) is 0. The Morgan fingerprint density at radius 3 is 2.67 bits per heavy atom. The molecule has 3 nitrogen and oxygen atoms in total. The minimum absolute atomic E-state index is 0.131. The van der Waals surface area contributed by atoms with Crippen LogP contribution in [0.25, 0.3) is 0 Å². The summed E-state index contributed by atoms with van der Waals surface area (Å²) in [5, 5.41) is 3.33. The maximum atomic E-state index is 5.65. The highest BCUT2D eigenvalue weighted by Gasteiger charge is 2.16. The predicted octanol–water partition coefficient (Wildman–Crippen LogP) is 0.0522. The van der Waals surface area contributed by atoms with Gasteiger partial charge in [-0.15, -0.1) is 0 Å². The van der Waals surface area contributed by atoms with Crippen molar-refractivity contribution in [1.82, 2.24) is 5.32 Å². The quantitative estimate of drug-likeness (QED) is 0.495. The highest BCUT2D eigenvalue weighted by molar-refractivity contribution is 4.71. The van der Waals surface area contributed by atoms with E-state index in [1.807, 2.05) is 0 Å². The average Bonchev–Trinajstić information content (AvgIpc) is 2.00. The summed E-state index contributed by atoms with van der Waals surface area (Å²) >= 11 is 0. The number of nitrogens with one attached hydrogen (secondary N) is 1. The monoisotopic (exact) mass is 171 g/mol. The van der Waals surface area contributed by atoms with Crippen LogP contribution in [0.15, 0.2) is 0 Å². The Kier molecular flexibility index (Phi) is 4.58. The van der Waals surface area contributed by atoms with Crippen LogP contribution < -0.4 is 16.8 Å². The smallest absolute Gasteiger partial charge is 0.0290 e. The second-order valence-electron chi connectivity index (χ2n) is 3.79. The summed E-state index contributed by atoms with van der Waals surface area (Å²) in [6.45, 7) is 2.55. The molecular formula is C9H21N3. The van der Waals surface area contributed by atoms with Gasteiger partial charge < -0.3 is 16.8 Å². The lowest BCUT2D eigenvalue weighted by Crippen LogP contribution is -2.40. The Balaban J connectivity index is 1.82. The van der Waals surface area contributed by atoms with Gasteiger partial charge in [-0.2, -0.15) is 0 Å². The van der Waals surface area contributed by atoms with Crippen molar-refractivity contribution in [3.8, 4) is 0 Å². The van der Waals surface area contributed by atoms with Gasteiger partial charge in [0.1, 0.15) is 0 Å². The molecule has 0 aromatic heterocycles. The second-order valence-corrected chi connectivity index (χ2v) is 3.79. The SMILES string of the molecule is NCC(N)CNCCC1CCC1. The first kappa shape index (κ1) is 9.96. The molecule has 0 heterocycles. The third kappa shape index (κ3) is 3.52. The Labute approximate surface area is 74.9 Å². The van der Waals surface area contributed by atoms with Crippen LogP contribution >= 0.6 is 0 Å². The molecule has 1 rings (SSSR count). The fourth-order valence-electron chi connectivity index (χ4n) is 1.46. The number of nitrogens with two attached hydrogens (primary N) is 2. The molecule has 1 fully saturated rings. The van der Waals surface area contributed by atoms with Gasteiger partial charge in [-0.25, -0.2) is 0 Å². The molecule has 1 aliphatic carbocycles. The molecule has 0 spiro atoms. The van der Waals surface area contributed by atoms with Crippen LogP contribution in [0.1, 0.15) is 25.7 Å². The zero-order chi connectivity index (χ0) is 8.81. The van der Waals surface area contributed by atoms with E-state index in [1.165, 1.54) is 25.7 Å². The van der Waals surface area contributed by atoms with Crippen LogP contribution in [-0.4, -0.2) is 25.7 Å². The van der Waals surface area contributed by atoms with Gasteiger partial charge in [0, 0.05) is 19.1 Å². The summed E-state index contributed by atoms with van der Waals surface area (Å²) in [4.78, 5) is 0. The molecule has 0 aliphatic heterocycles. The van der Waals surface area contributed by atoms with Gasteiger partial charge in [-0.1, -0.05) is 19.3 Å². The van der Waals surface area contributed by atoms with E-state index in [-0.39, 0.29) is 6.04 Å². The van der Waals surface area contributed by atoms with Crippen LogP contribution in [-0.2, 0) is 0 Å². The van der Waals surface area contributed by atoms with Crippen molar-refractivity contribution in [3.63, 3.8) is 0 Å². The van der Waals surface area contributed by atoms with E-state index in [0.29, 0.717) is 6.54 Å². The molecular weight excluding hydrogens is 150 g/mol. The van der Waals surface area contributed by atoms with Crippen molar-refractivity contribution in [2.24, 2.45) is 17.4 Å². The first-order valence-electron chi connectivity index (χ1n) is 4.99. The molecule has 1 saturated carbocycles. The lowest BCUT2D eigenvalue weighted by Gasteiger charge is -2.25. The lowest BCUT2D eigenvalue weighted by molar-refractivity contribution is 0.291. The Morgan fingerprint density at radius 1 is 1.42 bits per heavy atom. The maximum Gasteiger partial charge on any atom is 0.0290 e. The van der Waals surface area contributed by atoms with Gasteiger partial charge in [0.05, 0.1) is 0 Å². The Morgan fingerprint density at radius 2 is 2.17 bits per heavy atom. The first-order chi connectivity index (χ1) is 5.83. The standard InChI is InChI=1S/C9H21N3/c10-6-9(11)7-12-5-4-8-2-1-3-8/h8-9,12H,1-7,10-11H2. The summed E-state index contributed by atoms with van der Waals surface area (Å²) in [6, 6.07) is 0.131. The van der Waals surface area contributed by atoms with E-state index in [2.05, 4.69) is 5.32 Å². The zero-order valence-corrected chi connectivity index (χ0v) is 7.76. The van der Waals surface area contributed by atoms with E-state index in [4.69, 9.17) is 11.5 Å². The van der Waals surface area contributed by atoms with Gasteiger partial charge >= 0.3 is 0 Å². The average molecular weight is 171 g/mol. The second kappa shape index (κ2) is 5.51.